The van der Waals surface area contributed by atoms with E-state index >= 15 is 0 Å². The molecule has 0 rings (SSSR count). The summed E-state index contributed by atoms with van der Waals surface area (Å²) < 4.78 is 4.64. The van der Waals surface area contributed by atoms with Crippen LogP contribution in [0.3, 0.4) is 0 Å². The van der Waals surface area contributed by atoms with Crippen molar-refractivity contribution in [2.75, 3.05) is 6.61 Å². The van der Waals surface area contributed by atoms with E-state index < -0.39 is 11.8 Å². The van der Waals surface area contributed by atoms with Gasteiger partial charge in [0.2, 0.25) is 0 Å². The van der Waals surface area contributed by atoms with Crippen LogP contribution in [0.5, 0.6) is 0 Å². The van der Waals surface area contributed by atoms with Gasteiger partial charge in [0.1, 0.15) is 0 Å². The van der Waals surface area contributed by atoms with E-state index in [4.69, 9.17) is 0 Å². The van der Waals surface area contributed by atoms with E-state index in [-0.39, 0.29) is 0 Å². The second-order valence-electron chi connectivity index (χ2n) is 2.41. The molecule has 0 aliphatic carbocycles. The van der Waals surface area contributed by atoms with Gasteiger partial charge in [-0.25, -0.2) is 4.79 Å². The number of carbonyl (C=O) groups is 2. The predicted molar refractivity (Wildman–Crippen MR) is 45.7 cm³/mol. The molecule has 0 N–H and O–H groups in total. The fourth-order valence-electron chi connectivity index (χ4n) is 0.671. The summed E-state index contributed by atoms with van der Waals surface area (Å²) in [6, 6.07) is 0. The number of carbonyl (C=O) groups excluding carboxylic acids is 2. The molecule has 0 fully saturated rings. The van der Waals surface area contributed by atoms with Crippen LogP contribution in [0.4, 0.5) is 0 Å². The molecular formula is C9H14O3. The van der Waals surface area contributed by atoms with Crippen LogP contribution in [0, 0.1) is 0 Å². The number of ether oxygens (including phenoxy) is 1. The Morgan fingerprint density at radius 1 is 1.42 bits per heavy atom. The van der Waals surface area contributed by atoms with Crippen molar-refractivity contribution in [2.24, 2.45) is 0 Å². The van der Waals surface area contributed by atoms with Crippen molar-refractivity contribution in [3.8, 4) is 0 Å². The molecule has 0 saturated heterocycles. The second kappa shape index (κ2) is 6.58. The summed E-state index contributed by atoms with van der Waals surface area (Å²) in [6.07, 6.45) is 3.84. The average Bonchev–Trinajstić information content (AvgIpc) is 2.10. The first-order chi connectivity index (χ1) is 5.72. The molecule has 0 aromatic carbocycles. The Bertz CT molecular complexity index is 173. The maximum Gasteiger partial charge on any atom is 0.378 e. The molecule has 0 bridgehead atoms. The zero-order valence-corrected chi connectivity index (χ0v) is 7.34. The summed E-state index contributed by atoms with van der Waals surface area (Å²) >= 11 is 0. The summed E-state index contributed by atoms with van der Waals surface area (Å²) in [7, 11) is 0. The van der Waals surface area contributed by atoms with Gasteiger partial charge in [0.15, 0.2) is 0 Å². The van der Waals surface area contributed by atoms with Crippen molar-refractivity contribution in [1.29, 1.82) is 0 Å². The van der Waals surface area contributed by atoms with Gasteiger partial charge in [-0.3, -0.25) is 4.79 Å². The third-order valence-electron chi connectivity index (χ3n) is 1.37. The number of hydrogen-bond donors (Lipinski definition) is 0. The summed E-state index contributed by atoms with van der Waals surface area (Å²) in [6.45, 7) is 5.55. The van der Waals surface area contributed by atoms with E-state index in [1.807, 2.05) is 0 Å². The van der Waals surface area contributed by atoms with E-state index in [1.165, 1.54) is 0 Å². The minimum absolute atomic E-state index is 0.326. The van der Waals surface area contributed by atoms with E-state index in [0.29, 0.717) is 6.61 Å². The van der Waals surface area contributed by atoms with E-state index in [1.54, 1.807) is 0 Å². The molecule has 0 radical (unpaired) electrons. The smallest absolute Gasteiger partial charge is 0.378 e. The highest BCUT2D eigenvalue weighted by molar-refractivity contribution is 6.38. The molecule has 0 spiro atoms. The van der Waals surface area contributed by atoms with Crippen molar-refractivity contribution in [1.82, 2.24) is 0 Å². The normalized spacial score (nSPS) is 9.08. The van der Waals surface area contributed by atoms with Crippen LogP contribution in [0.25, 0.3) is 0 Å². The standard InChI is InChI=1S/C9H14O3/c1-3-5-6-7-12-9(11)8(10)4-2/h4H,2-3,5-7H2,1H3. The molecule has 0 atom stereocenters. The van der Waals surface area contributed by atoms with Gasteiger partial charge < -0.3 is 4.74 Å². The summed E-state index contributed by atoms with van der Waals surface area (Å²) in [5, 5.41) is 0. The molecule has 3 nitrogen and oxygen atoms in total. The van der Waals surface area contributed by atoms with Crippen LogP contribution >= 0.6 is 0 Å². The van der Waals surface area contributed by atoms with E-state index in [9.17, 15) is 9.59 Å². The highest BCUT2D eigenvalue weighted by atomic mass is 16.5. The lowest BCUT2D eigenvalue weighted by Gasteiger charge is -2.00. The topological polar surface area (TPSA) is 43.4 Å². The molecule has 0 saturated carbocycles. The van der Waals surface area contributed by atoms with Crippen molar-refractivity contribution in [2.45, 2.75) is 26.2 Å². The zero-order valence-electron chi connectivity index (χ0n) is 7.34. The Kier molecular flexibility index (Phi) is 5.97. The highest BCUT2D eigenvalue weighted by Crippen LogP contribution is 1.94. The highest BCUT2D eigenvalue weighted by Gasteiger charge is 2.09. The van der Waals surface area contributed by atoms with E-state index in [2.05, 4.69) is 18.2 Å². The third-order valence-corrected chi connectivity index (χ3v) is 1.37. The molecule has 0 aromatic heterocycles. The predicted octanol–water partition coefficient (Wildman–Crippen LogP) is 1.47. The number of hydrogen-bond acceptors (Lipinski definition) is 3. The zero-order chi connectivity index (χ0) is 9.40. The van der Waals surface area contributed by atoms with Crippen LogP contribution in [0.15, 0.2) is 12.7 Å². The first-order valence-electron chi connectivity index (χ1n) is 4.06. The summed E-state index contributed by atoms with van der Waals surface area (Å²) in [4.78, 5) is 21.3. The molecular weight excluding hydrogens is 156 g/mol. The van der Waals surface area contributed by atoms with Crippen LogP contribution in [-0.2, 0) is 14.3 Å². The molecule has 0 aliphatic heterocycles. The maximum atomic E-state index is 10.7. The number of unbranched alkanes of at least 4 members (excludes halogenated alkanes) is 2. The minimum atomic E-state index is -0.805. The second-order valence-corrected chi connectivity index (χ2v) is 2.41. The van der Waals surface area contributed by atoms with Gasteiger partial charge in [0, 0.05) is 0 Å². The quantitative estimate of drug-likeness (QED) is 0.262. The lowest BCUT2D eigenvalue weighted by Crippen LogP contribution is -2.15. The minimum Gasteiger partial charge on any atom is -0.460 e. The largest absolute Gasteiger partial charge is 0.460 e. The van der Waals surface area contributed by atoms with Crippen LogP contribution < -0.4 is 0 Å². The first-order valence-corrected chi connectivity index (χ1v) is 4.06. The van der Waals surface area contributed by atoms with Gasteiger partial charge in [-0.2, -0.15) is 0 Å². The Morgan fingerprint density at radius 3 is 2.58 bits per heavy atom. The summed E-state index contributed by atoms with van der Waals surface area (Å²) in [5.41, 5.74) is 0. The Morgan fingerprint density at radius 2 is 2.08 bits per heavy atom. The molecule has 0 heterocycles. The number of rotatable bonds is 6. The number of esters is 1. The lowest BCUT2D eigenvalue weighted by atomic mass is 10.3. The Labute approximate surface area is 72.4 Å². The van der Waals surface area contributed by atoms with Gasteiger partial charge in [0.25, 0.3) is 5.78 Å². The SMILES string of the molecule is C=CC(=O)C(=O)OCCCCC. The van der Waals surface area contributed by atoms with Crippen LogP contribution in [0.2, 0.25) is 0 Å². The Balaban J connectivity index is 3.44. The molecule has 0 unspecified atom stereocenters. The third kappa shape index (κ3) is 4.66. The fourth-order valence-corrected chi connectivity index (χ4v) is 0.671. The molecule has 3 heteroatoms. The average molecular weight is 170 g/mol. The lowest BCUT2D eigenvalue weighted by molar-refractivity contribution is -0.151. The molecule has 0 aromatic rings. The fraction of sp³-hybridized carbons (Fsp3) is 0.556. The first kappa shape index (κ1) is 10.9. The molecule has 0 aliphatic rings. The van der Waals surface area contributed by atoms with Crippen molar-refractivity contribution < 1.29 is 14.3 Å². The van der Waals surface area contributed by atoms with Gasteiger partial charge in [0.05, 0.1) is 6.61 Å². The maximum absolute atomic E-state index is 10.7. The van der Waals surface area contributed by atoms with Crippen LogP contribution in [-0.4, -0.2) is 18.4 Å². The van der Waals surface area contributed by atoms with Gasteiger partial charge in [-0.15, -0.1) is 0 Å². The van der Waals surface area contributed by atoms with Crippen LogP contribution in [0.1, 0.15) is 26.2 Å². The van der Waals surface area contributed by atoms with E-state index in [0.717, 1.165) is 25.3 Å². The van der Waals surface area contributed by atoms with Crippen molar-refractivity contribution in [3.63, 3.8) is 0 Å². The molecule has 68 valence electrons. The monoisotopic (exact) mass is 170 g/mol. The van der Waals surface area contributed by atoms with Crippen molar-refractivity contribution in [3.05, 3.63) is 12.7 Å². The van der Waals surface area contributed by atoms with Crippen molar-refractivity contribution >= 4 is 11.8 Å². The van der Waals surface area contributed by atoms with Gasteiger partial charge >= 0.3 is 5.97 Å². The van der Waals surface area contributed by atoms with Gasteiger partial charge in [-0.05, 0) is 12.5 Å². The molecule has 12 heavy (non-hydrogen) atoms. The molecule has 0 amide bonds. The Hall–Kier alpha value is -1.12. The number of ketones is 1. The van der Waals surface area contributed by atoms with Gasteiger partial charge in [-0.1, -0.05) is 26.3 Å². The summed E-state index contributed by atoms with van der Waals surface area (Å²) in [5.74, 6) is -1.48.